The summed E-state index contributed by atoms with van der Waals surface area (Å²) < 4.78 is 0. The number of carbonyl (C=O) groups excluding carboxylic acids is 2. The number of carbonyl (C=O) groups is 3. The lowest BCUT2D eigenvalue weighted by Gasteiger charge is -2.40. The van der Waals surface area contributed by atoms with Gasteiger partial charge in [0.25, 0.3) is 0 Å². The number of rotatable bonds is 11. The first-order valence-electron chi connectivity index (χ1n) is 12.4. The highest BCUT2D eigenvalue weighted by atomic mass is 16.4. The van der Waals surface area contributed by atoms with E-state index in [0.29, 0.717) is 0 Å². The molecule has 0 aliphatic rings. The summed E-state index contributed by atoms with van der Waals surface area (Å²) in [5, 5.41) is 18.6. The predicted octanol–water partition coefficient (Wildman–Crippen LogP) is 3.64. The van der Waals surface area contributed by atoms with Crippen LogP contribution < -0.4 is 16.0 Å². The van der Waals surface area contributed by atoms with Crippen LogP contribution in [0.4, 0.5) is 5.69 Å². The fraction of sp³-hybridized carbons (Fsp3) is 0.607. The largest absolute Gasteiger partial charge is 0.478 e. The summed E-state index contributed by atoms with van der Waals surface area (Å²) >= 11 is 0. The maximum Gasteiger partial charge on any atom is 0.331 e. The first-order chi connectivity index (χ1) is 16.5. The van der Waals surface area contributed by atoms with Crippen molar-refractivity contribution in [2.45, 2.75) is 78.9 Å². The Morgan fingerprint density at radius 1 is 1.03 bits per heavy atom. The van der Waals surface area contributed by atoms with E-state index in [4.69, 9.17) is 0 Å². The van der Waals surface area contributed by atoms with Crippen LogP contribution in [0.2, 0.25) is 0 Å². The minimum atomic E-state index is -1.02. The van der Waals surface area contributed by atoms with Crippen LogP contribution in [0.3, 0.4) is 0 Å². The molecule has 2 amide bonds. The van der Waals surface area contributed by atoms with Crippen LogP contribution in [0.5, 0.6) is 0 Å². The van der Waals surface area contributed by atoms with Gasteiger partial charge in [-0.3, -0.25) is 9.59 Å². The lowest BCUT2D eigenvalue weighted by Crippen LogP contribution is -2.61. The molecular formula is C28H46N4O4. The topological polar surface area (TPSA) is 111 Å². The molecule has 1 unspecified atom stereocenters. The third-order valence-electron chi connectivity index (χ3n) is 6.80. The molecule has 0 spiro atoms. The molecule has 1 aromatic carbocycles. The summed E-state index contributed by atoms with van der Waals surface area (Å²) in [6.45, 7) is 15.1. The van der Waals surface area contributed by atoms with E-state index in [-0.39, 0.29) is 23.3 Å². The number of aliphatic carboxylic acids is 1. The average molecular weight is 503 g/mol. The van der Waals surface area contributed by atoms with Gasteiger partial charge in [0.1, 0.15) is 6.04 Å². The predicted molar refractivity (Wildman–Crippen MR) is 146 cm³/mol. The smallest absolute Gasteiger partial charge is 0.331 e. The normalized spacial score (nSPS) is 15.2. The third-order valence-corrected chi connectivity index (χ3v) is 6.80. The first kappa shape index (κ1) is 31.2. The quantitative estimate of drug-likeness (QED) is 0.344. The Morgan fingerprint density at radius 2 is 1.61 bits per heavy atom. The number of nitrogens with one attached hydrogen (secondary N) is 3. The van der Waals surface area contributed by atoms with E-state index >= 15 is 0 Å². The molecule has 0 bridgehead atoms. The fourth-order valence-electron chi connectivity index (χ4n) is 4.37. The van der Waals surface area contributed by atoms with E-state index in [9.17, 15) is 19.5 Å². The maximum atomic E-state index is 13.7. The van der Waals surface area contributed by atoms with Gasteiger partial charge in [0.05, 0.1) is 12.1 Å². The monoisotopic (exact) mass is 502 g/mol. The van der Waals surface area contributed by atoms with Gasteiger partial charge in [0.15, 0.2) is 0 Å². The molecule has 3 atom stereocenters. The van der Waals surface area contributed by atoms with Crippen LogP contribution in [-0.2, 0) is 19.8 Å². The standard InChI is InChI=1S/C28H46N4O4/c1-17(2)21(15-18(3)26(35)36)32(11)25(34)23(27(4,5)6)31-24(33)22(30-10)28(7,8)19-13-12-14-20(16-19)29-9/h12-17,21-23,29-30H,1-11H3,(H,31,33)(H,35,36)/b18-15+/t21-,22?,23-/m1/s1. The molecule has 0 radical (unpaired) electrons. The van der Waals surface area contributed by atoms with Gasteiger partial charge in [0.2, 0.25) is 11.8 Å². The number of hydrogen-bond acceptors (Lipinski definition) is 5. The second kappa shape index (κ2) is 12.4. The van der Waals surface area contributed by atoms with Gasteiger partial charge in [-0.05, 0) is 43.0 Å². The van der Waals surface area contributed by atoms with Crippen LogP contribution in [-0.4, -0.2) is 67.1 Å². The van der Waals surface area contributed by atoms with Crippen molar-refractivity contribution in [3.8, 4) is 0 Å². The lowest BCUT2D eigenvalue weighted by atomic mass is 9.76. The van der Waals surface area contributed by atoms with Crippen molar-refractivity contribution in [2.75, 3.05) is 26.5 Å². The second-order valence-corrected chi connectivity index (χ2v) is 11.4. The van der Waals surface area contributed by atoms with Crippen LogP contribution in [0, 0.1) is 11.3 Å². The molecule has 0 fully saturated rings. The van der Waals surface area contributed by atoms with Gasteiger partial charge in [-0.15, -0.1) is 0 Å². The number of hydrogen-bond donors (Lipinski definition) is 4. The van der Waals surface area contributed by atoms with Crippen molar-refractivity contribution in [2.24, 2.45) is 11.3 Å². The van der Waals surface area contributed by atoms with Crippen LogP contribution in [0.25, 0.3) is 0 Å². The SMILES string of the molecule is CNc1cccc(C(C)(C)C(NC)C(=O)N[C@H](C(=O)N(C)[C@H](/C=C(\C)C(=O)O)C(C)C)C(C)(C)C)c1. The third kappa shape index (κ3) is 7.56. The molecule has 0 aromatic heterocycles. The van der Waals surface area contributed by atoms with Gasteiger partial charge in [0, 0.05) is 30.8 Å². The molecule has 1 aromatic rings. The van der Waals surface area contributed by atoms with Crippen molar-refractivity contribution in [1.29, 1.82) is 0 Å². The summed E-state index contributed by atoms with van der Waals surface area (Å²) in [6, 6.07) is 6.06. The Morgan fingerprint density at radius 3 is 2.06 bits per heavy atom. The molecule has 0 aliphatic heterocycles. The van der Waals surface area contributed by atoms with Crippen LogP contribution in [0.15, 0.2) is 35.9 Å². The molecular weight excluding hydrogens is 456 g/mol. The first-order valence-corrected chi connectivity index (χ1v) is 12.4. The van der Waals surface area contributed by atoms with Crippen molar-refractivity contribution < 1.29 is 19.5 Å². The fourth-order valence-corrected chi connectivity index (χ4v) is 4.37. The van der Waals surface area contributed by atoms with Gasteiger partial charge in [-0.2, -0.15) is 0 Å². The number of carboxylic acid groups (broad SMARTS) is 1. The molecule has 8 nitrogen and oxygen atoms in total. The Hall–Kier alpha value is -2.87. The minimum Gasteiger partial charge on any atom is -0.478 e. The lowest BCUT2D eigenvalue weighted by molar-refractivity contribution is -0.141. The number of carboxylic acids is 1. The molecule has 36 heavy (non-hydrogen) atoms. The summed E-state index contributed by atoms with van der Waals surface area (Å²) in [5.74, 6) is -1.59. The van der Waals surface area contributed by atoms with Crippen LogP contribution >= 0.6 is 0 Å². The zero-order chi connectivity index (χ0) is 28.0. The van der Waals surface area contributed by atoms with E-state index in [2.05, 4.69) is 16.0 Å². The Bertz CT molecular complexity index is 963. The van der Waals surface area contributed by atoms with Crippen molar-refractivity contribution >= 4 is 23.5 Å². The maximum absolute atomic E-state index is 13.7. The number of amides is 2. The van der Waals surface area contributed by atoms with Gasteiger partial charge >= 0.3 is 5.97 Å². The number of nitrogens with zero attached hydrogens (tertiary/aromatic N) is 1. The van der Waals surface area contributed by atoms with Crippen LogP contribution in [0.1, 0.15) is 61.0 Å². The van der Waals surface area contributed by atoms with Crippen molar-refractivity contribution in [1.82, 2.24) is 15.5 Å². The molecule has 202 valence electrons. The van der Waals surface area contributed by atoms with E-state index in [0.717, 1.165) is 11.3 Å². The summed E-state index contributed by atoms with van der Waals surface area (Å²) in [4.78, 5) is 40.3. The molecule has 1 rings (SSSR count). The molecule has 0 heterocycles. The Labute approximate surface area is 216 Å². The summed E-state index contributed by atoms with van der Waals surface area (Å²) in [5.41, 5.74) is 0.942. The highest BCUT2D eigenvalue weighted by molar-refractivity contribution is 5.91. The molecule has 0 saturated carbocycles. The van der Waals surface area contributed by atoms with E-state index in [1.54, 1.807) is 25.1 Å². The van der Waals surface area contributed by atoms with Crippen molar-refractivity contribution in [3.05, 3.63) is 41.5 Å². The zero-order valence-corrected chi connectivity index (χ0v) is 23.8. The number of anilines is 1. The summed E-state index contributed by atoms with van der Waals surface area (Å²) in [6.07, 6.45) is 1.60. The minimum absolute atomic E-state index is 0.0204. The van der Waals surface area contributed by atoms with E-state index in [1.165, 1.54) is 6.92 Å². The molecule has 0 saturated heterocycles. The molecule has 4 N–H and O–H groups in total. The number of likely N-dealkylation sites (N-methyl/N-ethyl adjacent to an activating group) is 2. The summed E-state index contributed by atoms with van der Waals surface area (Å²) in [7, 11) is 5.25. The zero-order valence-electron chi connectivity index (χ0n) is 23.8. The van der Waals surface area contributed by atoms with E-state index in [1.807, 2.05) is 79.8 Å². The number of benzene rings is 1. The Balaban J connectivity index is 3.33. The second-order valence-electron chi connectivity index (χ2n) is 11.4. The van der Waals surface area contributed by atoms with Gasteiger partial charge in [-0.1, -0.05) is 66.7 Å². The molecule has 0 aliphatic carbocycles. The molecule has 8 heteroatoms. The average Bonchev–Trinajstić information content (AvgIpc) is 2.79. The van der Waals surface area contributed by atoms with Gasteiger partial charge < -0.3 is 26.0 Å². The Kier molecular flexibility index (Phi) is 10.7. The highest BCUT2D eigenvalue weighted by Crippen LogP contribution is 2.30. The van der Waals surface area contributed by atoms with E-state index < -0.39 is 34.9 Å². The van der Waals surface area contributed by atoms with Crippen molar-refractivity contribution in [3.63, 3.8) is 0 Å². The van der Waals surface area contributed by atoms with Gasteiger partial charge in [-0.25, -0.2) is 4.79 Å². The highest BCUT2D eigenvalue weighted by Gasteiger charge is 2.41.